The van der Waals surface area contributed by atoms with Crippen LogP contribution in [0.15, 0.2) is 95.0 Å². The van der Waals surface area contributed by atoms with Gasteiger partial charge < -0.3 is 42.2 Å². The maximum Gasteiger partial charge on any atom is 0.259 e. The highest BCUT2D eigenvalue weighted by Gasteiger charge is 2.54. The topological polar surface area (TPSA) is 149 Å². The van der Waals surface area contributed by atoms with Crippen LogP contribution in [0.2, 0.25) is 18.1 Å². The molecule has 1 aliphatic rings. The highest BCUT2D eigenvalue weighted by molar-refractivity contribution is 7.44. The lowest BCUT2D eigenvalue weighted by Crippen LogP contribution is -2.49. The number of hydrogen-bond acceptors (Lipinski definition) is 13. The van der Waals surface area contributed by atoms with E-state index < -0.39 is 46.9 Å². The summed E-state index contributed by atoms with van der Waals surface area (Å²) < 4.78 is 50.1. The molecule has 17 heteroatoms. The standard InChI is InChI=1S/C51H73N8O7PSi/c1-36(2)59(37(3)4)67(63-31-19-30-52)65-46-44(33-62-51(38-20-17-16-18-21-38,39-22-26-41(60-12)27-23-39)40-24-28-42(61-13)29-25-40)64-45(47(46)66-68(14,15)50(5,6)7)43-32-53-49(55-35-58(10)11)56-48(43)54-34-57(8)9/h16-18,20-29,32,34-37,44-47H,19,31,33H2,1-15H3/b54-34?,55-35-/t44-,45+,46-,47+,67?/m1/s1. The van der Waals surface area contributed by atoms with Crippen LogP contribution in [0.1, 0.15) is 83.2 Å². The molecule has 3 aromatic carbocycles. The Hall–Kier alpha value is -4.82. The minimum absolute atomic E-state index is 0.0264. The molecule has 4 aromatic rings. The average molecular weight is 969 g/mol. The van der Waals surface area contributed by atoms with Gasteiger partial charge in [0.25, 0.3) is 14.5 Å². The number of aliphatic imine (C=N–C) groups is 2. The first-order chi connectivity index (χ1) is 32.3. The molecule has 1 saturated heterocycles. The van der Waals surface area contributed by atoms with E-state index in [1.165, 1.54) is 0 Å². The van der Waals surface area contributed by atoms with E-state index in [2.05, 4.69) is 89.4 Å². The second-order valence-corrected chi connectivity index (χ2v) is 25.4. The van der Waals surface area contributed by atoms with Crippen molar-refractivity contribution in [1.29, 1.82) is 5.26 Å². The van der Waals surface area contributed by atoms with Crippen LogP contribution >= 0.6 is 8.53 Å². The van der Waals surface area contributed by atoms with Crippen molar-refractivity contribution in [3.05, 3.63) is 107 Å². The molecule has 0 bridgehead atoms. The molecule has 1 unspecified atom stereocenters. The predicted octanol–water partition coefficient (Wildman–Crippen LogP) is 10.4. The van der Waals surface area contributed by atoms with Crippen molar-refractivity contribution in [2.24, 2.45) is 9.98 Å². The summed E-state index contributed by atoms with van der Waals surface area (Å²) in [5.74, 6) is 2.04. The molecule has 0 aliphatic carbocycles. The van der Waals surface area contributed by atoms with Crippen molar-refractivity contribution in [2.75, 3.05) is 55.6 Å². The molecule has 0 spiro atoms. The Morgan fingerprint density at radius 1 is 0.809 bits per heavy atom. The summed E-state index contributed by atoms with van der Waals surface area (Å²) in [6.45, 7) is 19.8. The highest BCUT2D eigenvalue weighted by Crippen LogP contribution is 2.54. The molecule has 368 valence electrons. The van der Waals surface area contributed by atoms with Gasteiger partial charge in [0.05, 0.1) is 52.6 Å². The van der Waals surface area contributed by atoms with E-state index in [9.17, 15) is 5.26 Å². The van der Waals surface area contributed by atoms with Gasteiger partial charge in [-0.2, -0.15) is 10.2 Å². The second-order valence-electron chi connectivity index (χ2n) is 19.2. The predicted molar refractivity (Wildman–Crippen MR) is 274 cm³/mol. The second kappa shape index (κ2) is 24.1. The quantitative estimate of drug-likeness (QED) is 0.0174. The largest absolute Gasteiger partial charge is 0.497 e. The Labute approximate surface area is 407 Å². The molecule has 1 aromatic heterocycles. The third-order valence-electron chi connectivity index (χ3n) is 12.0. The summed E-state index contributed by atoms with van der Waals surface area (Å²) >= 11 is 0. The number of rotatable bonds is 23. The summed E-state index contributed by atoms with van der Waals surface area (Å²) in [4.78, 5) is 22.7. The molecule has 15 nitrogen and oxygen atoms in total. The zero-order valence-electron chi connectivity index (χ0n) is 42.7. The monoisotopic (exact) mass is 969 g/mol. The number of methoxy groups -OCH3 is 2. The zero-order valence-corrected chi connectivity index (χ0v) is 44.6. The molecule has 5 rings (SSSR count). The third-order valence-corrected chi connectivity index (χ3v) is 18.6. The number of aromatic nitrogens is 2. The van der Waals surface area contributed by atoms with Gasteiger partial charge in [-0.25, -0.2) is 19.6 Å². The minimum atomic E-state index is -2.63. The van der Waals surface area contributed by atoms with Crippen molar-refractivity contribution in [2.45, 2.75) is 115 Å². The van der Waals surface area contributed by atoms with Gasteiger partial charge in [0.15, 0.2) is 14.1 Å². The van der Waals surface area contributed by atoms with Gasteiger partial charge in [0.2, 0.25) is 0 Å². The first-order valence-electron chi connectivity index (χ1n) is 23.1. The van der Waals surface area contributed by atoms with E-state index in [1.807, 2.05) is 105 Å². The fourth-order valence-electron chi connectivity index (χ4n) is 7.64. The van der Waals surface area contributed by atoms with Crippen LogP contribution in [0, 0.1) is 11.3 Å². The smallest absolute Gasteiger partial charge is 0.259 e. The minimum Gasteiger partial charge on any atom is -0.497 e. The van der Waals surface area contributed by atoms with Crippen LogP contribution in [0.5, 0.6) is 11.5 Å². The molecule has 0 radical (unpaired) electrons. The van der Waals surface area contributed by atoms with Crippen LogP contribution in [0.3, 0.4) is 0 Å². The third kappa shape index (κ3) is 13.3. The van der Waals surface area contributed by atoms with Gasteiger partial charge in [-0.3, -0.25) is 0 Å². The number of benzene rings is 3. The SMILES string of the molecule is COc1ccc(C(OC[C@H]2O[C@@H](c3cnc(/N=C\N(C)C)nc3N=CN(C)C)[C@H](O[Si](C)(C)C(C)(C)C)[C@@H]2OP(OCCC#N)N(C(C)C)C(C)C)(c2ccccc2)c2ccc(OC)cc2)cc1. The molecule has 0 amide bonds. The van der Waals surface area contributed by atoms with E-state index in [4.69, 9.17) is 47.4 Å². The number of ether oxygens (including phenoxy) is 4. The average Bonchev–Trinajstić information content (AvgIpc) is 3.62. The van der Waals surface area contributed by atoms with Gasteiger partial charge in [-0.1, -0.05) is 75.4 Å². The van der Waals surface area contributed by atoms with Crippen LogP contribution in [-0.4, -0.2) is 131 Å². The number of nitrogens with zero attached hydrogens (tertiary/aromatic N) is 8. The van der Waals surface area contributed by atoms with Gasteiger partial charge in [0, 0.05) is 52.0 Å². The Bertz CT molecular complexity index is 2230. The van der Waals surface area contributed by atoms with Crippen LogP contribution < -0.4 is 9.47 Å². The summed E-state index contributed by atoms with van der Waals surface area (Å²) in [6, 6.07) is 28.4. The van der Waals surface area contributed by atoms with Crippen molar-refractivity contribution in [1.82, 2.24) is 24.4 Å². The van der Waals surface area contributed by atoms with E-state index in [0.29, 0.717) is 22.9 Å². The molecule has 5 atom stereocenters. The summed E-state index contributed by atoms with van der Waals surface area (Å²) in [5, 5.41) is 9.46. The summed E-state index contributed by atoms with van der Waals surface area (Å²) in [7, 11) is 6.45. The zero-order chi connectivity index (χ0) is 49.8. The molecule has 1 fully saturated rings. The maximum absolute atomic E-state index is 9.66. The lowest BCUT2D eigenvalue weighted by molar-refractivity contribution is -0.0806. The first-order valence-corrected chi connectivity index (χ1v) is 27.1. The molecule has 1 aliphatic heterocycles. The lowest BCUT2D eigenvalue weighted by Gasteiger charge is -2.42. The normalized spacial score (nSPS) is 18.5. The molecule has 0 N–H and O–H groups in total. The molecular formula is C51H73N8O7PSi. The highest BCUT2D eigenvalue weighted by atomic mass is 31.2. The Kier molecular flexibility index (Phi) is 19.2. The van der Waals surface area contributed by atoms with E-state index >= 15 is 0 Å². The molecule has 0 saturated carbocycles. The summed E-state index contributed by atoms with van der Waals surface area (Å²) in [6.07, 6.45) is 2.21. The van der Waals surface area contributed by atoms with Crippen LogP contribution in [0.4, 0.5) is 11.8 Å². The first kappa shape index (κ1) is 54.1. The summed E-state index contributed by atoms with van der Waals surface area (Å²) in [5.41, 5.74) is 2.06. The van der Waals surface area contributed by atoms with Gasteiger partial charge >= 0.3 is 0 Å². The van der Waals surface area contributed by atoms with Crippen molar-refractivity contribution >= 4 is 41.3 Å². The van der Waals surface area contributed by atoms with Gasteiger partial charge in [-0.15, -0.1) is 0 Å². The Balaban J connectivity index is 1.80. The lowest BCUT2D eigenvalue weighted by atomic mass is 9.80. The van der Waals surface area contributed by atoms with Crippen molar-refractivity contribution in [3.63, 3.8) is 0 Å². The maximum atomic E-state index is 9.66. The molecule has 68 heavy (non-hydrogen) atoms. The fraction of sp³-hybridized carbons (Fsp3) is 0.510. The van der Waals surface area contributed by atoms with Crippen LogP contribution in [0.25, 0.3) is 0 Å². The number of hydrogen-bond donors (Lipinski definition) is 0. The molecular weight excluding hydrogens is 896 g/mol. The molecule has 2 heterocycles. The van der Waals surface area contributed by atoms with Gasteiger partial charge in [-0.05, 0) is 86.8 Å². The van der Waals surface area contributed by atoms with E-state index in [-0.39, 0.29) is 42.7 Å². The number of nitriles is 1. The Morgan fingerprint density at radius 2 is 1.35 bits per heavy atom. The Morgan fingerprint density at radius 3 is 1.85 bits per heavy atom. The van der Waals surface area contributed by atoms with Crippen molar-refractivity contribution < 1.29 is 32.4 Å². The van der Waals surface area contributed by atoms with Gasteiger partial charge in [0.1, 0.15) is 41.5 Å². The van der Waals surface area contributed by atoms with E-state index in [1.54, 1.807) is 33.1 Å². The van der Waals surface area contributed by atoms with Crippen molar-refractivity contribution in [3.8, 4) is 17.6 Å². The van der Waals surface area contributed by atoms with E-state index in [0.717, 1.165) is 16.7 Å². The van der Waals surface area contributed by atoms with Crippen LogP contribution in [-0.2, 0) is 28.5 Å². The fourth-order valence-corrected chi connectivity index (χ4v) is 10.7.